The number of hydrogen-bond acceptors (Lipinski definition) is 3. The van der Waals surface area contributed by atoms with Gasteiger partial charge in [0.25, 0.3) is 5.91 Å². The summed E-state index contributed by atoms with van der Waals surface area (Å²) in [6.07, 6.45) is 4.70. The van der Waals surface area contributed by atoms with E-state index in [4.69, 9.17) is 16.3 Å². The Morgan fingerprint density at radius 3 is 3.11 bits per heavy atom. The molecule has 98 valence electrons. The molecule has 1 saturated carbocycles. The van der Waals surface area contributed by atoms with Crippen LogP contribution in [0.5, 0.6) is 5.88 Å². The summed E-state index contributed by atoms with van der Waals surface area (Å²) in [7, 11) is 1.51. The van der Waals surface area contributed by atoms with Crippen molar-refractivity contribution in [3.63, 3.8) is 0 Å². The highest BCUT2D eigenvalue weighted by molar-refractivity contribution is 6.20. The Labute approximate surface area is 112 Å². The highest BCUT2D eigenvalue weighted by Gasteiger charge is 2.23. The zero-order chi connectivity index (χ0) is 13.0. The number of nitrogens with one attached hydrogen (secondary N) is 1. The van der Waals surface area contributed by atoms with Crippen LogP contribution in [0.1, 0.15) is 29.6 Å². The predicted octanol–water partition coefficient (Wildman–Crippen LogP) is 2.23. The molecule has 1 N–H and O–H groups in total. The first kappa shape index (κ1) is 13.1. The maximum absolute atomic E-state index is 12.0. The van der Waals surface area contributed by atoms with E-state index < -0.39 is 0 Å². The molecule has 0 aliphatic heterocycles. The summed E-state index contributed by atoms with van der Waals surface area (Å²) in [5.74, 6) is 0.703. The average Bonchev–Trinajstić information content (AvgIpc) is 2.81. The summed E-state index contributed by atoms with van der Waals surface area (Å²) >= 11 is 6.04. The largest absolute Gasteiger partial charge is 0.480 e. The normalized spacial score (nSPS) is 22.8. The lowest BCUT2D eigenvalue weighted by Crippen LogP contribution is -2.29. The third-order valence-electron chi connectivity index (χ3n) is 3.24. The molecule has 18 heavy (non-hydrogen) atoms. The van der Waals surface area contributed by atoms with Gasteiger partial charge in [0.2, 0.25) is 5.88 Å². The molecular weight excluding hydrogens is 252 g/mol. The molecule has 1 heterocycles. The van der Waals surface area contributed by atoms with Crippen LogP contribution in [0.25, 0.3) is 0 Å². The maximum atomic E-state index is 12.0. The molecule has 1 aliphatic rings. The molecule has 2 unspecified atom stereocenters. The summed E-state index contributed by atoms with van der Waals surface area (Å²) in [5.41, 5.74) is 0.473. The Morgan fingerprint density at radius 2 is 2.44 bits per heavy atom. The third kappa shape index (κ3) is 3.13. The zero-order valence-corrected chi connectivity index (χ0v) is 11.1. The number of pyridine rings is 1. The van der Waals surface area contributed by atoms with Crippen molar-refractivity contribution in [3.8, 4) is 5.88 Å². The van der Waals surface area contributed by atoms with Crippen LogP contribution in [-0.2, 0) is 0 Å². The molecule has 1 aromatic heterocycles. The number of carbonyl (C=O) groups excluding carboxylic acids is 1. The summed E-state index contributed by atoms with van der Waals surface area (Å²) in [4.78, 5) is 16.0. The lowest BCUT2D eigenvalue weighted by Gasteiger charge is -2.12. The lowest BCUT2D eigenvalue weighted by atomic mass is 10.1. The number of amides is 1. The van der Waals surface area contributed by atoms with Gasteiger partial charge in [-0.15, -0.1) is 11.6 Å². The maximum Gasteiger partial charge on any atom is 0.256 e. The van der Waals surface area contributed by atoms with Crippen LogP contribution in [-0.4, -0.2) is 29.9 Å². The fraction of sp³-hybridized carbons (Fsp3) is 0.538. The van der Waals surface area contributed by atoms with Crippen molar-refractivity contribution in [3.05, 3.63) is 23.9 Å². The smallest absolute Gasteiger partial charge is 0.256 e. The number of aromatic nitrogens is 1. The number of nitrogens with zero attached hydrogens (tertiary/aromatic N) is 1. The number of halogens is 1. The van der Waals surface area contributed by atoms with E-state index in [0.29, 0.717) is 23.9 Å². The third-order valence-corrected chi connectivity index (χ3v) is 3.63. The van der Waals surface area contributed by atoms with Crippen LogP contribution in [0.15, 0.2) is 18.3 Å². The van der Waals surface area contributed by atoms with Crippen LogP contribution in [0, 0.1) is 5.92 Å². The van der Waals surface area contributed by atoms with Crippen molar-refractivity contribution in [2.75, 3.05) is 13.7 Å². The Kier molecular flexibility index (Phi) is 4.42. The van der Waals surface area contributed by atoms with Crippen LogP contribution in [0.4, 0.5) is 0 Å². The molecule has 0 saturated heterocycles. The minimum Gasteiger partial charge on any atom is -0.480 e. The standard InChI is InChI=1S/C13H17ClN2O2/c1-18-13-11(3-2-6-15-13)12(17)16-8-9-4-5-10(14)7-9/h2-3,6,9-10H,4-5,7-8H2,1H3,(H,16,17). The fourth-order valence-electron chi connectivity index (χ4n) is 2.26. The first-order valence-electron chi connectivity index (χ1n) is 6.12. The van der Waals surface area contributed by atoms with Gasteiger partial charge in [0, 0.05) is 18.1 Å². The van der Waals surface area contributed by atoms with Gasteiger partial charge in [0.05, 0.1) is 7.11 Å². The summed E-state index contributed by atoms with van der Waals surface area (Å²) < 4.78 is 5.06. The molecule has 0 radical (unpaired) electrons. The van der Waals surface area contributed by atoms with Crippen molar-refractivity contribution in [1.29, 1.82) is 0 Å². The second-order valence-electron chi connectivity index (χ2n) is 4.55. The molecule has 0 bridgehead atoms. The SMILES string of the molecule is COc1ncccc1C(=O)NCC1CCC(Cl)C1. The highest BCUT2D eigenvalue weighted by Crippen LogP contribution is 2.28. The minimum absolute atomic E-state index is 0.141. The van der Waals surface area contributed by atoms with Crippen molar-refractivity contribution < 1.29 is 9.53 Å². The number of rotatable bonds is 4. The highest BCUT2D eigenvalue weighted by atomic mass is 35.5. The van der Waals surface area contributed by atoms with Crippen molar-refractivity contribution in [2.24, 2.45) is 5.92 Å². The molecule has 1 amide bonds. The Hall–Kier alpha value is -1.29. The molecule has 1 aliphatic carbocycles. The minimum atomic E-state index is -0.141. The van der Waals surface area contributed by atoms with Crippen molar-refractivity contribution >= 4 is 17.5 Å². The Balaban J connectivity index is 1.91. The topological polar surface area (TPSA) is 51.2 Å². The van der Waals surface area contributed by atoms with Crippen LogP contribution in [0.2, 0.25) is 0 Å². The van der Waals surface area contributed by atoms with E-state index in [1.807, 2.05) is 0 Å². The quantitative estimate of drug-likeness (QED) is 0.852. The zero-order valence-electron chi connectivity index (χ0n) is 10.4. The van der Waals surface area contributed by atoms with Gasteiger partial charge in [-0.25, -0.2) is 4.98 Å². The number of ether oxygens (including phenoxy) is 1. The van der Waals surface area contributed by atoms with Crippen molar-refractivity contribution in [1.82, 2.24) is 10.3 Å². The first-order valence-corrected chi connectivity index (χ1v) is 6.55. The number of methoxy groups -OCH3 is 1. The second kappa shape index (κ2) is 6.05. The summed E-state index contributed by atoms with van der Waals surface area (Å²) in [5, 5.41) is 3.18. The van der Waals surface area contributed by atoms with Gasteiger partial charge in [-0.1, -0.05) is 0 Å². The molecule has 1 aromatic rings. The van der Waals surface area contributed by atoms with E-state index in [1.165, 1.54) is 7.11 Å². The monoisotopic (exact) mass is 268 g/mol. The molecule has 2 atom stereocenters. The van der Waals surface area contributed by atoms with Gasteiger partial charge in [-0.05, 0) is 37.3 Å². The van der Waals surface area contributed by atoms with Crippen LogP contribution < -0.4 is 10.1 Å². The fourth-order valence-corrected chi connectivity index (χ4v) is 2.64. The van der Waals surface area contributed by atoms with Gasteiger partial charge in [0.1, 0.15) is 5.56 Å². The summed E-state index contributed by atoms with van der Waals surface area (Å²) in [6.45, 7) is 0.667. The molecule has 2 rings (SSSR count). The summed E-state index contributed by atoms with van der Waals surface area (Å²) in [6, 6.07) is 3.43. The number of alkyl halides is 1. The molecule has 0 aromatic carbocycles. The van der Waals surface area contributed by atoms with E-state index in [1.54, 1.807) is 18.3 Å². The van der Waals surface area contributed by atoms with Crippen LogP contribution >= 0.6 is 11.6 Å². The van der Waals surface area contributed by atoms with Crippen LogP contribution in [0.3, 0.4) is 0 Å². The number of carbonyl (C=O) groups is 1. The van der Waals surface area contributed by atoms with Gasteiger partial charge in [0.15, 0.2) is 0 Å². The Bertz CT molecular complexity index is 425. The van der Waals surface area contributed by atoms with Gasteiger partial charge in [-0.2, -0.15) is 0 Å². The molecule has 0 spiro atoms. The molecule has 4 nitrogen and oxygen atoms in total. The van der Waals surface area contributed by atoms with E-state index in [-0.39, 0.29) is 11.3 Å². The Morgan fingerprint density at radius 1 is 1.61 bits per heavy atom. The van der Waals surface area contributed by atoms with E-state index in [9.17, 15) is 4.79 Å². The van der Waals surface area contributed by atoms with Gasteiger partial charge in [-0.3, -0.25) is 4.79 Å². The van der Waals surface area contributed by atoms with E-state index in [0.717, 1.165) is 19.3 Å². The molecule has 1 fully saturated rings. The van der Waals surface area contributed by atoms with Gasteiger partial charge < -0.3 is 10.1 Å². The van der Waals surface area contributed by atoms with E-state index in [2.05, 4.69) is 10.3 Å². The van der Waals surface area contributed by atoms with E-state index >= 15 is 0 Å². The number of hydrogen-bond donors (Lipinski definition) is 1. The van der Waals surface area contributed by atoms with Crippen molar-refractivity contribution in [2.45, 2.75) is 24.6 Å². The predicted molar refractivity (Wildman–Crippen MR) is 70.1 cm³/mol. The molecule has 5 heteroatoms. The first-order chi connectivity index (χ1) is 8.70. The average molecular weight is 269 g/mol. The lowest BCUT2D eigenvalue weighted by molar-refractivity contribution is 0.0943. The van der Waals surface area contributed by atoms with Gasteiger partial charge >= 0.3 is 0 Å². The second-order valence-corrected chi connectivity index (χ2v) is 5.16. The molecular formula is C13H17ClN2O2.